The Morgan fingerprint density at radius 1 is 0.971 bits per heavy atom. The molecule has 1 aromatic heterocycles. The van der Waals surface area contributed by atoms with E-state index in [0.29, 0.717) is 41.4 Å². The first-order valence-electron chi connectivity index (χ1n) is 10.8. The van der Waals surface area contributed by atoms with Gasteiger partial charge < -0.3 is 29.6 Å². The molecule has 3 aromatic rings. The quantitative estimate of drug-likeness (QED) is 0.266. The number of hydrogen-bond acceptors (Lipinski definition) is 8. The summed E-state index contributed by atoms with van der Waals surface area (Å²) in [6.07, 6.45) is 0. The molecule has 0 saturated heterocycles. The summed E-state index contributed by atoms with van der Waals surface area (Å²) in [7, 11) is 3.18. The lowest BCUT2D eigenvalue weighted by Crippen LogP contribution is -2.39. The number of aryl methyl sites for hydroxylation is 2. The number of guanidine groups is 1. The van der Waals surface area contributed by atoms with Crippen LogP contribution in [0, 0.1) is 13.8 Å². The second-order valence-corrected chi connectivity index (χ2v) is 8.01. The lowest BCUT2D eigenvalue weighted by molar-refractivity contribution is 0.174. The highest BCUT2D eigenvalue weighted by Gasteiger charge is 2.14. The molecule has 10 nitrogen and oxygen atoms in total. The highest BCUT2D eigenvalue weighted by molar-refractivity contribution is 7.80. The third-order valence-electron chi connectivity index (χ3n) is 4.96. The summed E-state index contributed by atoms with van der Waals surface area (Å²) in [5.41, 5.74) is 3.24. The van der Waals surface area contributed by atoms with E-state index < -0.39 is 0 Å². The SMILES string of the molecule is COc1ccc(OC)c(NC(=S)NC(=NCc2ccc3c(c2)OCO3)Nc2nc(C)cc(C)n2)c1. The number of rotatable bonds is 6. The lowest BCUT2D eigenvalue weighted by Gasteiger charge is -2.16. The first kappa shape index (κ1) is 24.0. The Balaban J connectivity index is 1.55. The Labute approximate surface area is 208 Å². The van der Waals surface area contributed by atoms with E-state index in [0.717, 1.165) is 22.7 Å². The van der Waals surface area contributed by atoms with Crippen molar-refractivity contribution < 1.29 is 18.9 Å². The Morgan fingerprint density at radius 3 is 2.49 bits per heavy atom. The fraction of sp³-hybridized carbons (Fsp3) is 0.250. The molecule has 35 heavy (non-hydrogen) atoms. The molecule has 0 spiro atoms. The van der Waals surface area contributed by atoms with Gasteiger partial charge in [-0.3, -0.25) is 5.32 Å². The van der Waals surface area contributed by atoms with E-state index in [-0.39, 0.29) is 11.9 Å². The fourth-order valence-corrected chi connectivity index (χ4v) is 3.59. The fourth-order valence-electron chi connectivity index (χ4n) is 3.38. The van der Waals surface area contributed by atoms with Gasteiger partial charge in [-0.25, -0.2) is 15.0 Å². The van der Waals surface area contributed by atoms with Gasteiger partial charge in [0.15, 0.2) is 16.6 Å². The van der Waals surface area contributed by atoms with Crippen molar-refractivity contribution in [2.24, 2.45) is 4.99 Å². The molecule has 11 heteroatoms. The topological polar surface area (TPSA) is 111 Å². The zero-order chi connectivity index (χ0) is 24.8. The number of methoxy groups -OCH3 is 2. The summed E-state index contributed by atoms with van der Waals surface area (Å²) in [5.74, 6) is 3.46. The van der Waals surface area contributed by atoms with E-state index in [9.17, 15) is 0 Å². The van der Waals surface area contributed by atoms with Gasteiger partial charge in [0, 0.05) is 17.5 Å². The predicted molar refractivity (Wildman–Crippen MR) is 138 cm³/mol. The van der Waals surface area contributed by atoms with Gasteiger partial charge in [-0.1, -0.05) is 6.07 Å². The lowest BCUT2D eigenvalue weighted by atomic mass is 10.2. The summed E-state index contributed by atoms with van der Waals surface area (Å²) in [4.78, 5) is 13.5. The number of nitrogens with one attached hydrogen (secondary N) is 3. The van der Waals surface area contributed by atoms with E-state index in [2.05, 4.69) is 30.9 Å². The van der Waals surface area contributed by atoms with Crippen LogP contribution in [0.25, 0.3) is 0 Å². The van der Waals surface area contributed by atoms with Gasteiger partial charge in [-0.05, 0) is 62.0 Å². The highest BCUT2D eigenvalue weighted by Crippen LogP contribution is 2.32. The molecule has 0 bridgehead atoms. The van der Waals surface area contributed by atoms with Crippen LogP contribution in [-0.2, 0) is 6.54 Å². The summed E-state index contributed by atoms with van der Waals surface area (Å²) < 4.78 is 21.6. The maximum Gasteiger partial charge on any atom is 0.231 e. The molecule has 0 unspecified atom stereocenters. The van der Waals surface area contributed by atoms with Crippen molar-refractivity contribution >= 4 is 34.9 Å². The standard InChI is InChI=1S/C24H26N6O4S/c1-14-9-15(2)27-23(26-14)29-22(25-12-16-5-7-20-21(10-16)34-13-33-20)30-24(35)28-18-11-17(31-3)6-8-19(18)32-4/h5-11H,12-13H2,1-4H3,(H3,25,26,27,28,29,30,35). The van der Waals surface area contributed by atoms with Crippen LogP contribution in [0.3, 0.4) is 0 Å². The average molecular weight is 495 g/mol. The molecule has 0 radical (unpaired) electrons. The van der Waals surface area contributed by atoms with Crippen molar-refractivity contribution in [3.63, 3.8) is 0 Å². The van der Waals surface area contributed by atoms with Crippen molar-refractivity contribution in [3.8, 4) is 23.0 Å². The van der Waals surface area contributed by atoms with Crippen LogP contribution in [0.1, 0.15) is 17.0 Å². The number of nitrogens with zero attached hydrogens (tertiary/aromatic N) is 3. The van der Waals surface area contributed by atoms with Gasteiger partial charge in [-0.15, -0.1) is 0 Å². The molecule has 1 aliphatic heterocycles. The average Bonchev–Trinajstić information content (AvgIpc) is 3.29. The Kier molecular flexibility index (Phi) is 7.46. The number of ether oxygens (including phenoxy) is 4. The van der Waals surface area contributed by atoms with Crippen LogP contribution in [0.2, 0.25) is 0 Å². The number of aromatic nitrogens is 2. The van der Waals surface area contributed by atoms with Gasteiger partial charge in [-0.2, -0.15) is 0 Å². The van der Waals surface area contributed by atoms with E-state index in [1.54, 1.807) is 32.4 Å². The molecule has 0 atom stereocenters. The van der Waals surface area contributed by atoms with Gasteiger partial charge in [0.25, 0.3) is 0 Å². The molecule has 4 rings (SSSR count). The smallest absolute Gasteiger partial charge is 0.231 e. The summed E-state index contributed by atoms with van der Waals surface area (Å²) in [6.45, 7) is 4.37. The first-order chi connectivity index (χ1) is 16.9. The number of thiocarbonyl (C=S) groups is 1. The number of aliphatic imine (C=N–C) groups is 1. The summed E-state index contributed by atoms with van der Waals surface area (Å²) >= 11 is 5.55. The largest absolute Gasteiger partial charge is 0.497 e. The van der Waals surface area contributed by atoms with E-state index in [1.165, 1.54) is 0 Å². The minimum atomic E-state index is 0.216. The van der Waals surface area contributed by atoms with Crippen molar-refractivity contribution in [2.75, 3.05) is 31.6 Å². The molecule has 0 saturated carbocycles. The van der Waals surface area contributed by atoms with E-state index in [1.807, 2.05) is 38.1 Å². The van der Waals surface area contributed by atoms with Gasteiger partial charge >= 0.3 is 0 Å². The van der Waals surface area contributed by atoms with Crippen LogP contribution in [0.5, 0.6) is 23.0 Å². The van der Waals surface area contributed by atoms with Crippen LogP contribution in [0.4, 0.5) is 11.6 Å². The number of hydrogen-bond donors (Lipinski definition) is 3. The molecular formula is C24H26N6O4S. The molecular weight excluding hydrogens is 468 g/mol. The van der Waals surface area contributed by atoms with Crippen LogP contribution < -0.4 is 34.9 Å². The minimum absolute atomic E-state index is 0.216. The zero-order valence-corrected chi connectivity index (χ0v) is 20.7. The Bertz CT molecular complexity index is 1250. The molecule has 0 amide bonds. The molecule has 2 aromatic carbocycles. The van der Waals surface area contributed by atoms with Gasteiger partial charge in [0.05, 0.1) is 26.5 Å². The molecule has 0 aliphatic carbocycles. The van der Waals surface area contributed by atoms with Crippen LogP contribution >= 0.6 is 12.2 Å². The molecule has 0 fully saturated rings. The minimum Gasteiger partial charge on any atom is -0.497 e. The maximum atomic E-state index is 5.55. The normalized spacial score (nSPS) is 12.2. The number of anilines is 2. The van der Waals surface area contributed by atoms with Gasteiger partial charge in [0.1, 0.15) is 11.5 Å². The maximum absolute atomic E-state index is 5.55. The Morgan fingerprint density at radius 2 is 1.74 bits per heavy atom. The summed E-state index contributed by atoms with van der Waals surface area (Å²) in [6, 6.07) is 13.0. The monoisotopic (exact) mass is 494 g/mol. The summed E-state index contributed by atoms with van der Waals surface area (Å²) in [5, 5.41) is 9.63. The molecule has 2 heterocycles. The van der Waals surface area contributed by atoms with Crippen molar-refractivity contribution in [1.82, 2.24) is 15.3 Å². The Hall–Kier alpha value is -4.12. The number of benzene rings is 2. The van der Waals surface area contributed by atoms with Crippen molar-refractivity contribution in [3.05, 3.63) is 59.4 Å². The second kappa shape index (κ2) is 10.9. The third kappa shape index (κ3) is 6.27. The second-order valence-electron chi connectivity index (χ2n) is 7.60. The number of fused-ring (bicyclic) bond motifs is 1. The van der Waals surface area contributed by atoms with Crippen molar-refractivity contribution in [2.45, 2.75) is 20.4 Å². The van der Waals surface area contributed by atoms with E-state index >= 15 is 0 Å². The molecule has 1 aliphatic rings. The third-order valence-corrected chi connectivity index (χ3v) is 5.16. The van der Waals surface area contributed by atoms with E-state index in [4.69, 9.17) is 31.2 Å². The molecule has 182 valence electrons. The first-order valence-corrected chi connectivity index (χ1v) is 11.2. The predicted octanol–water partition coefficient (Wildman–Crippen LogP) is 3.79. The van der Waals surface area contributed by atoms with Crippen molar-refractivity contribution in [1.29, 1.82) is 0 Å². The zero-order valence-electron chi connectivity index (χ0n) is 19.8. The highest BCUT2D eigenvalue weighted by atomic mass is 32.1. The van der Waals surface area contributed by atoms with Gasteiger partial charge in [0.2, 0.25) is 18.7 Å². The molecule has 3 N–H and O–H groups in total. The van der Waals surface area contributed by atoms with Crippen LogP contribution in [-0.4, -0.2) is 42.1 Å². The van der Waals surface area contributed by atoms with Crippen LogP contribution in [0.15, 0.2) is 47.5 Å².